The lowest BCUT2D eigenvalue weighted by atomic mass is 10.00. The molecule has 5 aromatic carbocycles. The second kappa shape index (κ2) is 20.1. The summed E-state index contributed by atoms with van der Waals surface area (Å²) in [6, 6.07) is 23.0. The molecule has 0 spiro atoms. The number of benzene rings is 5. The van der Waals surface area contributed by atoms with Gasteiger partial charge >= 0.3 is 11.4 Å². The van der Waals surface area contributed by atoms with Crippen LogP contribution in [0.25, 0.3) is 33.2 Å². The predicted molar refractivity (Wildman–Crippen MR) is 254 cm³/mol. The first kappa shape index (κ1) is 49.0. The van der Waals surface area contributed by atoms with Crippen LogP contribution in [0, 0.1) is 23.0 Å². The molecule has 0 fully saturated rings. The van der Waals surface area contributed by atoms with E-state index in [0.29, 0.717) is 51.4 Å². The largest absolute Gasteiger partial charge is 0.493 e. The van der Waals surface area contributed by atoms with Crippen molar-refractivity contribution in [2.75, 3.05) is 58.5 Å². The number of ether oxygens (including phenoxy) is 4. The van der Waals surface area contributed by atoms with Gasteiger partial charge in [0.2, 0.25) is 0 Å². The van der Waals surface area contributed by atoms with Crippen LogP contribution in [0.4, 0.5) is 8.78 Å². The van der Waals surface area contributed by atoms with Crippen molar-refractivity contribution in [3.63, 3.8) is 0 Å². The zero-order valence-electron chi connectivity index (χ0n) is 38.2. The third-order valence-corrected chi connectivity index (χ3v) is 13.3. The maximum atomic E-state index is 16.6. The summed E-state index contributed by atoms with van der Waals surface area (Å²) in [5.74, 6) is -0.844. The Balaban J connectivity index is 1.22. The molecule has 0 amide bonds. The molecule has 0 aliphatic rings. The monoisotopic (exact) mass is 972 g/mol. The smallest absolute Gasteiger partial charge is 0.330 e. The van der Waals surface area contributed by atoms with Crippen LogP contribution in [-0.4, -0.2) is 93.6 Å². The number of halogens is 2. The van der Waals surface area contributed by atoms with Crippen molar-refractivity contribution < 1.29 is 44.6 Å². The van der Waals surface area contributed by atoms with Crippen LogP contribution < -0.4 is 35.6 Å². The second-order valence-electron chi connectivity index (χ2n) is 16.2. The van der Waals surface area contributed by atoms with E-state index in [1.165, 1.54) is 40.1 Å². The van der Waals surface area contributed by atoms with Crippen LogP contribution in [0.3, 0.4) is 0 Å². The van der Waals surface area contributed by atoms with Crippen LogP contribution in [-0.2, 0) is 39.3 Å². The SMILES string of the molecule is CCOc1cc([C@H](CS(C)(=O)=O)n2c(=O)n(CNC)c3cc(-c4cccc(CCOc5cc([C@H](CS(C)(=O)=O)n6c(=O)n(CC#N)c7cc(F)ccc76)ccc5OC)c4F)ccc32)ccc1OC. The molecule has 0 unspecified atom stereocenters. The van der Waals surface area contributed by atoms with E-state index in [2.05, 4.69) is 5.32 Å². The molecule has 2 aromatic heterocycles. The third kappa shape index (κ3) is 10.1. The van der Waals surface area contributed by atoms with Gasteiger partial charge in [-0.25, -0.2) is 35.2 Å². The Morgan fingerprint density at radius 2 is 1.25 bits per heavy atom. The number of nitrogens with zero attached hydrogens (tertiary/aromatic N) is 5. The van der Waals surface area contributed by atoms with Gasteiger partial charge in [-0.05, 0) is 90.8 Å². The van der Waals surface area contributed by atoms with Crippen LogP contribution in [0.15, 0.2) is 101 Å². The standard InChI is InChI=1S/C48H50F2N6O10S2/c1-7-65-44-24-32(12-17-42(44)63-3)41(28-68(6,61)62)56-36-15-11-31(23-38(36)54(29-52-2)48(56)58)35-10-8-9-30(46(35)50)19-22-66-45-25-33(13-18-43(45)64-4)40(27-67(5,59)60)55-37-16-14-34(49)26-39(37)53(21-20-51)47(55)57/h8-18,23-26,40-41,52H,7,19,21-22,27-29H2,1-6H3/t40-,41-/m0/s1. The predicted octanol–water partition coefficient (Wildman–Crippen LogP) is 5.87. The summed E-state index contributed by atoms with van der Waals surface area (Å²) in [5.41, 5.74) is 1.79. The number of hydrogen-bond acceptors (Lipinski definition) is 12. The van der Waals surface area contributed by atoms with Crippen molar-refractivity contribution in [3.8, 4) is 40.2 Å². The number of sulfone groups is 2. The molecule has 0 saturated carbocycles. The Bertz CT molecular complexity index is 3430. The van der Waals surface area contributed by atoms with E-state index in [0.717, 1.165) is 29.2 Å². The maximum Gasteiger partial charge on any atom is 0.330 e. The normalized spacial score (nSPS) is 12.8. The summed E-state index contributed by atoms with van der Waals surface area (Å²) in [7, 11) is -2.83. The molecule has 16 nitrogen and oxygen atoms in total. The number of nitriles is 1. The van der Waals surface area contributed by atoms with Crippen LogP contribution in [0.5, 0.6) is 23.0 Å². The molecule has 0 radical (unpaired) electrons. The zero-order valence-corrected chi connectivity index (χ0v) is 39.8. The summed E-state index contributed by atoms with van der Waals surface area (Å²) in [4.78, 5) is 28.1. The van der Waals surface area contributed by atoms with E-state index in [9.17, 15) is 36.1 Å². The van der Waals surface area contributed by atoms with Gasteiger partial charge < -0.3 is 24.3 Å². The highest BCUT2D eigenvalue weighted by atomic mass is 32.2. The van der Waals surface area contributed by atoms with Crippen molar-refractivity contribution in [1.29, 1.82) is 5.26 Å². The summed E-state index contributed by atoms with van der Waals surface area (Å²) in [5, 5.41) is 12.5. The number of fused-ring (bicyclic) bond motifs is 2. The van der Waals surface area contributed by atoms with E-state index < -0.39 is 72.8 Å². The number of imidazole rings is 2. The fraction of sp³-hybridized carbons (Fsp3) is 0.312. The first-order valence-electron chi connectivity index (χ1n) is 21.3. The molecule has 2 heterocycles. The highest BCUT2D eigenvalue weighted by Gasteiger charge is 2.29. The average molecular weight is 973 g/mol. The number of methoxy groups -OCH3 is 2. The van der Waals surface area contributed by atoms with E-state index in [-0.39, 0.29) is 47.8 Å². The molecular weight excluding hydrogens is 923 g/mol. The van der Waals surface area contributed by atoms with Gasteiger partial charge in [0.1, 0.15) is 37.9 Å². The molecule has 0 aliphatic carbocycles. The molecule has 0 bridgehead atoms. The maximum absolute atomic E-state index is 16.6. The lowest BCUT2D eigenvalue weighted by molar-refractivity contribution is 0.295. The Labute approximate surface area is 391 Å². The highest BCUT2D eigenvalue weighted by Crippen LogP contribution is 2.36. The van der Waals surface area contributed by atoms with Gasteiger partial charge in [-0.3, -0.25) is 18.3 Å². The van der Waals surface area contributed by atoms with Crippen molar-refractivity contribution in [2.24, 2.45) is 0 Å². The molecule has 20 heteroatoms. The quantitative estimate of drug-likeness (QED) is 0.0956. The average Bonchev–Trinajstić information content (AvgIpc) is 3.72. The molecule has 2 atom stereocenters. The zero-order chi connectivity index (χ0) is 49.1. The van der Waals surface area contributed by atoms with Gasteiger partial charge in [0.15, 0.2) is 23.0 Å². The molecule has 0 saturated heterocycles. The highest BCUT2D eigenvalue weighted by molar-refractivity contribution is 7.90. The topological polar surface area (TPSA) is 195 Å². The lowest BCUT2D eigenvalue weighted by Gasteiger charge is -2.21. The van der Waals surface area contributed by atoms with Crippen molar-refractivity contribution in [3.05, 3.63) is 140 Å². The Morgan fingerprint density at radius 3 is 1.79 bits per heavy atom. The molecular formula is C48H50F2N6O10S2. The summed E-state index contributed by atoms with van der Waals surface area (Å²) < 4.78 is 111. The minimum Gasteiger partial charge on any atom is -0.493 e. The van der Waals surface area contributed by atoms with Crippen molar-refractivity contribution in [2.45, 2.75) is 38.6 Å². The van der Waals surface area contributed by atoms with Gasteiger partial charge in [-0.1, -0.05) is 36.4 Å². The van der Waals surface area contributed by atoms with E-state index >= 15 is 4.39 Å². The van der Waals surface area contributed by atoms with Gasteiger partial charge in [0, 0.05) is 24.5 Å². The minimum atomic E-state index is -3.75. The van der Waals surface area contributed by atoms with E-state index in [4.69, 9.17) is 18.9 Å². The Kier molecular flexibility index (Phi) is 14.5. The van der Waals surface area contributed by atoms with Crippen LogP contribution in [0.2, 0.25) is 0 Å². The van der Waals surface area contributed by atoms with Crippen LogP contribution >= 0.6 is 0 Å². The number of nitrogens with one attached hydrogen (secondary N) is 1. The molecule has 358 valence electrons. The Hall–Kier alpha value is -6.95. The van der Waals surface area contributed by atoms with Gasteiger partial charge in [-0.15, -0.1) is 0 Å². The van der Waals surface area contributed by atoms with E-state index in [1.54, 1.807) is 80.7 Å². The molecule has 0 aliphatic heterocycles. The van der Waals surface area contributed by atoms with E-state index in [1.807, 2.05) is 6.07 Å². The lowest BCUT2D eigenvalue weighted by Crippen LogP contribution is -2.33. The van der Waals surface area contributed by atoms with Crippen molar-refractivity contribution in [1.82, 2.24) is 23.6 Å². The molecule has 1 N–H and O–H groups in total. The van der Waals surface area contributed by atoms with Gasteiger partial charge in [0.05, 0.1) is 85.8 Å². The summed E-state index contributed by atoms with van der Waals surface area (Å²) >= 11 is 0. The molecule has 68 heavy (non-hydrogen) atoms. The third-order valence-electron chi connectivity index (χ3n) is 11.4. The van der Waals surface area contributed by atoms with Crippen LogP contribution in [0.1, 0.15) is 35.7 Å². The summed E-state index contributed by atoms with van der Waals surface area (Å²) in [6.45, 7) is 1.71. The first-order valence-corrected chi connectivity index (χ1v) is 25.4. The van der Waals surface area contributed by atoms with Gasteiger partial charge in [0.25, 0.3) is 0 Å². The fourth-order valence-electron chi connectivity index (χ4n) is 8.50. The second-order valence-corrected chi connectivity index (χ2v) is 20.5. The molecule has 7 rings (SSSR count). The number of rotatable bonds is 20. The minimum absolute atomic E-state index is 0.0605. The Morgan fingerprint density at radius 1 is 0.691 bits per heavy atom. The number of hydrogen-bond donors (Lipinski definition) is 1. The first-order chi connectivity index (χ1) is 32.4. The molecule has 7 aromatic rings. The fourth-order valence-corrected chi connectivity index (χ4v) is 10.3. The van der Waals surface area contributed by atoms with Crippen molar-refractivity contribution >= 4 is 41.7 Å². The van der Waals surface area contributed by atoms with Gasteiger partial charge in [-0.2, -0.15) is 5.26 Å². The number of aromatic nitrogens is 4. The summed E-state index contributed by atoms with van der Waals surface area (Å²) in [6.07, 6.45) is 2.19.